The van der Waals surface area contributed by atoms with Crippen molar-refractivity contribution in [3.05, 3.63) is 77.8 Å². The second-order valence-electron chi connectivity index (χ2n) is 7.23. The number of carboxylic acid groups (broad SMARTS) is 1. The van der Waals surface area contributed by atoms with E-state index in [1.54, 1.807) is 30.5 Å². The summed E-state index contributed by atoms with van der Waals surface area (Å²) in [6, 6.07) is 16.1. The minimum atomic E-state index is -0.983. The Morgan fingerprint density at radius 1 is 1.20 bits per heavy atom. The number of rotatable bonds is 7. The molecule has 3 heterocycles. The average Bonchev–Trinajstić information content (AvgIpc) is 3.37. The summed E-state index contributed by atoms with van der Waals surface area (Å²) in [6.07, 6.45) is 3.82. The van der Waals surface area contributed by atoms with Gasteiger partial charge in [0.25, 0.3) is 0 Å². The van der Waals surface area contributed by atoms with Crippen LogP contribution in [0.4, 0.5) is 0 Å². The molecule has 154 valence electrons. The van der Waals surface area contributed by atoms with Gasteiger partial charge in [0, 0.05) is 18.3 Å². The summed E-state index contributed by atoms with van der Waals surface area (Å²) < 4.78 is 6.22. The van der Waals surface area contributed by atoms with Crippen LogP contribution >= 0.6 is 12.2 Å². The quantitative estimate of drug-likeness (QED) is 0.530. The fraction of sp³-hybridized carbons (Fsp3) is 0.261. The van der Waals surface area contributed by atoms with E-state index in [9.17, 15) is 9.90 Å². The van der Waals surface area contributed by atoms with E-state index in [2.05, 4.69) is 22.1 Å². The monoisotopic (exact) mass is 421 g/mol. The molecule has 0 aliphatic carbocycles. The molecule has 1 saturated heterocycles. The molecule has 2 atom stereocenters. The molecule has 4 rings (SSSR count). The maximum atomic E-state index is 11.6. The largest absolute Gasteiger partial charge is 0.478 e. The van der Waals surface area contributed by atoms with E-state index in [0.717, 1.165) is 30.8 Å². The number of aromatic carboxylic acids is 1. The number of benzene rings is 1. The summed E-state index contributed by atoms with van der Waals surface area (Å²) in [5.74, 6) is 0.267. The van der Waals surface area contributed by atoms with Gasteiger partial charge in [0.15, 0.2) is 5.11 Å². The van der Waals surface area contributed by atoms with E-state index in [1.165, 1.54) is 0 Å². The number of nitrogens with zero attached hydrogens (tertiary/aromatic N) is 2. The number of hydrogen-bond donors (Lipinski definition) is 2. The first-order chi connectivity index (χ1) is 14.6. The summed E-state index contributed by atoms with van der Waals surface area (Å²) in [6.45, 7) is 2.95. The van der Waals surface area contributed by atoms with Crippen LogP contribution in [-0.2, 0) is 0 Å². The summed E-state index contributed by atoms with van der Waals surface area (Å²) in [4.78, 5) is 18.3. The van der Waals surface area contributed by atoms with Crippen molar-refractivity contribution in [1.82, 2.24) is 15.2 Å². The number of nitrogens with one attached hydrogen (secondary N) is 1. The van der Waals surface area contributed by atoms with Gasteiger partial charge in [-0.3, -0.25) is 4.98 Å². The van der Waals surface area contributed by atoms with E-state index >= 15 is 0 Å². The molecule has 0 amide bonds. The Bertz CT molecular complexity index is 1050. The van der Waals surface area contributed by atoms with Gasteiger partial charge < -0.3 is 19.7 Å². The summed E-state index contributed by atoms with van der Waals surface area (Å²) in [5, 5.41) is 13.6. The summed E-state index contributed by atoms with van der Waals surface area (Å²) in [5.41, 5.74) is 1.65. The molecule has 0 saturated carbocycles. The molecule has 2 N–H and O–H groups in total. The molecule has 1 aromatic carbocycles. The van der Waals surface area contributed by atoms with Gasteiger partial charge in [0.2, 0.25) is 0 Å². The lowest BCUT2D eigenvalue weighted by Gasteiger charge is -2.25. The number of hydrogen-bond acceptors (Lipinski definition) is 4. The first-order valence-electron chi connectivity index (χ1n) is 10.0. The molecule has 0 spiro atoms. The molecule has 0 bridgehead atoms. The number of aromatic nitrogens is 1. The van der Waals surface area contributed by atoms with Gasteiger partial charge in [-0.15, -0.1) is 0 Å². The maximum absolute atomic E-state index is 11.6. The van der Waals surface area contributed by atoms with Gasteiger partial charge in [0.05, 0.1) is 17.3 Å². The van der Waals surface area contributed by atoms with Crippen LogP contribution in [0.2, 0.25) is 0 Å². The SMILES string of the molecule is CCCCN1C(=S)N[C@@H](c2ccccn2)[C@H]1c1ccc(-c2ccccc2C(=O)O)o1. The van der Waals surface area contributed by atoms with Crippen LogP contribution in [0.3, 0.4) is 0 Å². The normalized spacial score (nSPS) is 18.4. The minimum absolute atomic E-state index is 0.149. The lowest BCUT2D eigenvalue weighted by molar-refractivity contribution is 0.0697. The van der Waals surface area contributed by atoms with E-state index in [1.807, 2.05) is 30.3 Å². The molecule has 1 aliphatic heterocycles. The Balaban J connectivity index is 1.74. The zero-order valence-electron chi connectivity index (χ0n) is 16.6. The highest BCUT2D eigenvalue weighted by Crippen LogP contribution is 2.40. The molecule has 30 heavy (non-hydrogen) atoms. The van der Waals surface area contributed by atoms with Crippen molar-refractivity contribution in [2.45, 2.75) is 31.8 Å². The lowest BCUT2D eigenvalue weighted by atomic mass is 10.0. The van der Waals surface area contributed by atoms with Crippen molar-refractivity contribution < 1.29 is 14.3 Å². The van der Waals surface area contributed by atoms with Crippen molar-refractivity contribution in [3.8, 4) is 11.3 Å². The van der Waals surface area contributed by atoms with Crippen LogP contribution in [0.25, 0.3) is 11.3 Å². The summed E-state index contributed by atoms with van der Waals surface area (Å²) in [7, 11) is 0. The molecule has 0 radical (unpaired) electrons. The fourth-order valence-corrected chi connectivity index (χ4v) is 4.16. The smallest absolute Gasteiger partial charge is 0.336 e. The molecule has 7 heteroatoms. The van der Waals surface area contributed by atoms with Crippen LogP contribution in [0, 0.1) is 0 Å². The van der Waals surface area contributed by atoms with Crippen LogP contribution in [-0.4, -0.2) is 32.6 Å². The number of unbranched alkanes of at least 4 members (excludes halogenated alkanes) is 1. The molecular weight excluding hydrogens is 398 g/mol. The first-order valence-corrected chi connectivity index (χ1v) is 10.4. The molecule has 2 aromatic heterocycles. The Hall–Kier alpha value is -3.19. The number of thiocarbonyl (C=S) groups is 1. The van der Waals surface area contributed by atoms with E-state index in [0.29, 0.717) is 16.4 Å². The van der Waals surface area contributed by atoms with E-state index in [4.69, 9.17) is 16.6 Å². The molecule has 6 nitrogen and oxygen atoms in total. The molecule has 1 aliphatic rings. The number of furan rings is 1. The zero-order chi connectivity index (χ0) is 21.1. The van der Waals surface area contributed by atoms with Crippen molar-refractivity contribution in [1.29, 1.82) is 0 Å². The number of carboxylic acids is 1. The zero-order valence-corrected chi connectivity index (χ0v) is 17.4. The number of pyridine rings is 1. The van der Waals surface area contributed by atoms with E-state index < -0.39 is 5.97 Å². The Kier molecular flexibility index (Phi) is 5.81. The van der Waals surface area contributed by atoms with Gasteiger partial charge in [-0.25, -0.2) is 4.79 Å². The van der Waals surface area contributed by atoms with Gasteiger partial charge in [-0.1, -0.05) is 37.6 Å². The molecule has 1 fully saturated rings. The van der Waals surface area contributed by atoms with Crippen molar-refractivity contribution in [3.63, 3.8) is 0 Å². The predicted octanol–water partition coefficient (Wildman–Crippen LogP) is 4.81. The highest BCUT2D eigenvalue weighted by atomic mass is 32.1. The third-order valence-corrected chi connectivity index (χ3v) is 5.64. The average molecular weight is 422 g/mol. The van der Waals surface area contributed by atoms with Crippen LogP contribution < -0.4 is 5.32 Å². The third kappa shape index (κ3) is 3.80. The fourth-order valence-electron chi connectivity index (χ4n) is 3.82. The second-order valence-corrected chi connectivity index (χ2v) is 7.61. The summed E-state index contributed by atoms with van der Waals surface area (Å²) >= 11 is 5.63. The van der Waals surface area contributed by atoms with Crippen molar-refractivity contribution >= 4 is 23.3 Å². The Morgan fingerprint density at radius 3 is 2.73 bits per heavy atom. The highest BCUT2D eigenvalue weighted by molar-refractivity contribution is 7.80. The minimum Gasteiger partial charge on any atom is -0.478 e. The predicted molar refractivity (Wildman–Crippen MR) is 118 cm³/mol. The number of carbonyl (C=O) groups is 1. The highest BCUT2D eigenvalue weighted by Gasteiger charge is 2.41. The second kappa shape index (κ2) is 8.67. The van der Waals surface area contributed by atoms with Crippen LogP contribution in [0.15, 0.2) is 65.2 Å². The Morgan fingerprint density at radius 2 is 2.00 bits per heavy atom. The van der Waals surface area contributed by atoms with Crippen LogP contribution in [0.1, 0.15) is 53.7 Å². The van der Waals surface area contributed by atoms with Gasteiger partial charge in [-0.05, 0) is 49.0 Å². The van der Waals surface area contributed by atoms with Gasteiger partial charge in [0.1, 0.15) is 17.6 Å². The lowest BCUT2D eigenvalue weighted by Crippen LogP contribution is -2.30. The van der Waals surface area contributed by atoms with Gasteiger partial charge in [-0.2, -0.15) is 0 Å². The third-order valence-electron chi connectivity index (χ3n) is 5.29. The van der Waals surface area contributed by atoms with Gasteiger partial charge >= 0.3 is 5.97 Å². The van der Waals surface area contributed by atoms with Crippen molar-refractivity contribution in [2.75, 3.05) is 6.54 Å². The van der Waals surface area contributed by atoms with Crippen LogP contribution in [0.5, 0.6) is 0 Å². The standard InChI is InChI=1S/C23H23N3O3S/c1-2-3-14-26-21(20(25-23(26)30)17-10-6-7-13-24-17)19-12-11-18(29-19)15-8-4-5-9-16(15)22(27)28/h4-13,20-21H,2-3,14H2,1H3,(H,25,30)(H,27,28)/t20-,21+/m0/s1. The Labute approximate surface area is 180 Å². The topological polar surface area (TPSA) is 78.6 Å². The maximum Gasteiger partial charge on any atom is 0.336 e. The molecular formula is C23H23N3O3S. The van der Waals surface area contributed by atoms with E-state index in [-0.39, 0.29) is 17.6 Å². The van der Waals surface area contributed by atoms with Crippen molar-refractivity contribution in [2.24, 2.45) is 0 Å². The molecule has 3 aromatic rings. The first kappa shape index (κ1) is 20.1. The molecule has 0 unspecified atom stereocenters.